The lowest BCUT2D eigenvalue weighted by atomic mass is 9.97. The highest BCUT2D eigenvalue weighted by Crippen LogP contribution is 2.27. The molecule has 1 unspecified atom stereocenters. The molecule has 2 aliphatic rings. The molecule has 0 bridgehead atoms. The number of para-hydroxylation sites is 1. The molecule has 0 amide bonds. The highest BCUT2D eigenvalue weighted by Gasteiger charge is 2.26. The van der Waals surface area contributed by atoms with Crippen molar-refractivity contribution in [2.75, 3.05) is 39.8 Å². The number of fused-ring (bicyclic) bond motifs is 1. The second-order valence-corrected chi connectivity index (χ2v) is 7.37. The van der Waals surface area contributed by atoms with Gasteiger partial charge >= 0.3 is 0 Å². The molecule has 1 saturated heterocycles. The van der Waals surface area contributed by atoms with E-state index in [2.05, 4.69) is 43.2 Å². The van der Waals surface area contributed by atoms with E-state index < -0.39 is 0 Å². The Hall–Kier alpha value is -2.18. The molecule has 6 nitrogen and oxygen atoms in total. The Balaban J connectivity index is 1.40. The lowest BCUT2D eigenvalue weighted by Crippen LogP contribution is -2.35. The van der Waals surface area contributed by atoms with Crippen LogP contribution in [0.2, 0.25) is 0 Å². The Labute approximate surface area is 161 Å². The Bertz CT molecular complexity index is 785. The van der Waals surface area contributed by atoms with E-state index in [9.17, 15) is 0 Å². The van der Waals surface area contributed by atoms with Gasteiger partial charge in [0.1, 0.15) is 17.4 Å². The maximum absolute atomic E-state index is 5.43. The average molecular weight is 367 g/mol. The Morgan fingerprint density at radius 3 is 3.07 bits per heavy atom. The van der Waals surface area contributed by atoms with Crippen molar-refractivity contribution in [2.45, 2.75) is 31.7 Å². The molecule has 1 atom stereocenters. The number of piperidine rings is 1. The summed E-state index contributed by atoms with van der Waals surface area (Å²) >= 11 is 0. The molecule has 1 aromatic heterocycles. The quantitative estimate of drug-likeness (QED) is 0.879. The average Bonchev–Trinajstić information content (AvgIpc) is 2.97. The summed E-state index contributed by atoms with van der Waals surface area (Å²) in [6.07, 6.45) is 7.81. The highest BCUT2D eigenvalue weighted by atomic mass is 16.5. The van der Waals surface area contributed by atoms with Crippen molar-refractivity contribution in [3.8, 4) is 5.75 Å². The lowest BCUT2D eigenvalue weighted by Gasteiger charge is -2.31. The molecule has 0 spiro atoms. The van der Waals surface area contributed by atoms with Gasteiger partial charge in [0, 0.05) is 50.6 Å². The van der Waals surface area contributed by atoms with Crippen LogP contribution in [-0.2, 0) is 13.0 Å². The maximum Gasteiger partial charge on any atom is 0.137 e. The van der Waals surface area contributed by atoms with Crippen LogP contribution < -0.4 is 10.1 Å². The fourth-order valence-electron chi connectivity index (χ4n) is 4.16. The number of benzene rings is 1. The van der Waals surface area contributed by atoms with Crippen molar-refractivity contribution in [2.24, 2.45) is 0 Å². The molecule has 0 radical (unpaired) electrons. The third-order valence-corrected chi connectivity index (χ3v) is 5.56. The van der Waals surface area contributed by atoms with E-state index in [1.807, 2.05) is 18.2 Å². The molecule has 0 saturated carbocycles. The van der Waals surface area contributed by atoms with Gasteiger partial charge < -0.3 is 14.6 Å². The van der Waals surface area contributed by atoms with E-state index >= 15 is 0 Å². The SMILES string of the molecule is COc1ccccc1/C=C/CN1CCCC(c2nnc3n2CCNCC3)C1. The summed E-state index contributed by atoms with van der Waals surface area (Å²) in [6, 6.07) is 8.14. The Morgan fingerprint density at radius 2 is 2.15 bits per heavy atom. The second kappa shape index (κ2) is 8.67. The summed E-state index contributed by atoms with van der Waals surface area (Å²) in [5.41, 5.74) is 1.13. The smallest absolute Gasteiger partial charge is 0.137 e. The van der Waals surface area contributed by atoms with Crippen LogP contribution in [0.4, 0.5) is 0 Å². The van der Waals surface area contributed by atoms with Crippen molar-refractivity contribution < 1.29 is 4.74 Å². The van der Waals surface area contributed by atoms with Gasteiger partial charge in [0.25, 0.3) is 0 Å². The predicted octanol–water partition coefficient (Wildman–Crippen LogP) is 2.33. The van der Waals surface area contributed by atoms with Gasteiger partial charge in [0.05, 0.1) is 7.11 Å². The first kappa shape index (κ1) is 18.2. The van der Waals surface area contributed by atoms with Gasteiger partial charge in [-0.3, -0.25) is 4.90 Å². The molecule has 1 aromatic carbocycles. The summed E-state index contributed by atoms with van der Waals surface area (Å²) in [5.74, 6) is 3.73. The van der Waals surface area contributed by atoms with Crippen LogP contribution in [0.25, 0.3) is 6.08 Å². The molecular weight excluding hydrogens is 338 g/mol. The first-order chi connectivity index (χ1) is 13.3. The molecule has 27 heavy (non-hydrogen) atoms. The molecule has 4 rings (SSSR count). The van der Waals surface area contributed by atoms with Crippen LogP contribution in [0, 0.1) is 0 Å². The molecule has 1 fully saturated rings. The van der Waals surface area contributed by atoms with Gasteiger partial charge in [-0.05, 0) is 25.5 Å². The van der Waals surface area contributed by atoms with Crippen LogP contribution >= 0.6 is 0 Å². The number of aromatic nitrogens is 3. The van der Waals surface area contributed by atoms with Crippen molar-refractivity contribution in [1.82, 2.24) is 25.0 Å². The van der Waals surface area contributed by atoms with Gasteiger partial charge in [-0.1, -0.05) is 30.4 Å². The fourth-order valence-corrected chi connectivity index (χ4v) is 4.16. The first-order valence-corrected chi connectivity index (χ1v) is 10.00. The van der Waals surface area contributed by atoms with Crippen LogP contribution in [0.5, 0.6) is 5.75 Å². The van der Waals surface area contributed by atoms with Crippen LogP contribution in [0.15, 0.2) is 30.3 Å². The standard InChI is InChI=1S/C21H29N5O/c1-27-19-9-3-2-6-17(19)7-4-13-25-14-5-8-18(16-25)21-24-23-20-10-11-22-12-15-26(20)21/h2-4,6-7,9,18,22H,5,8,10-16H2,1H3/b7-4+. The first-order valence-electron chi connectivity index (χ1n) is 10.00. The summed E-state index contributed by atoms with van der Waals surface area (Å²) in [5, 5.41) is 12.5. The van der Waals surface area contributed by atoms with Gasteiger partial charge in [0.15, 0.2) is 0 Å². The summed E-state index contributed by atoms with van der Waals surface area (Å²) in [6.45, 7) is 6.16. The normalized spacial score (nSPS) is 21.1. The van der Waals surface area contributed by atoms with E-state index in [-0.39, 0.29) is 0 Å². The number of ether oxygens (including phenoxy) is 1. The van der Waals surface area contributed by atoms with Gasteiger partial charge in [-0.15, -0.1) is 10.2 Å². The Morgan fingerprint density at radius 1 is 1.22 bits per heavy atom. The number of rotatable bonds is 5. The van der Waals surface area contributed by atoms with E-state index in [1.165, 1.54) is 18.7 Å². The van der Waals surface area contributed by atoms with E-state index in [0.29, 0.717) is 5.92 Å². The topological polar surface area (TPSA) is 55.2 Å². The van der Waals surface area contributed by atoms with Gasteiger partial charge in [0.2, 0.25) is 0 Å². The Kier molecular flexibility index (Phi) is 5.84. The molecular formula is C21H29N5O. The number of methoxy groups -OCH3 is 1. The number of likely N-dealkylation sites (tertiary alicyclic amines) is 1. The van der Waals surface area contributed by atoms with Crippen molar-refractivity contribution in [1.29, 1.82) is 0 Å². The van der Waals surface area contributed by atoms with Gasteiger partial charge in [-0.25, -0.2) is 0 Å². The summed E-state index contributed by atoms with van der Waals surface area (Å²) in [7, 11) is 1.72. The molecule has 2 aromatic rings. The number of nitrogens with zero attached hydrogens (tertiary/aromatic N) is 4. The summed E-state index contributed by atoms with van der Waals surface area (Å²) in [4.78, 5) is 2.52. The molecule has 6 heteroatoms. The molecule has 3 heterocycles. The predicted molar refractivity (Wildman–Crippen MR) is 107 cm³/mol. The zero-order valence-corrected chi connectivity index (χ0v) is 16.1. The number of nitrogens with one attached hydrogen (secondary N) is 1. The van der Waals surface area contributed by atoms with Gasteiger partial charge in [-0.2, -0.15) is 0 Å². The minimum atomic E-state index is 0.484. The minimum Gasteiger partial charge on any atom is -0.496 e. The highest BCUT2D eigenvalue weighted by molar-refractivity contribution is 5.57. The number of hydrogen-bond donors (Lipinski definition) is 1. The zero-order chi connectivity index (χ0) is 18.5. The lowest BCUT2D eigenvalue weighted by molar-refractivity contribution is 0.221. The molecule has 144 valence electrons. The monoisotopic (exact) mass is 367 g/mol. The molecule has 0 aliphatic carbocycles. The van der Waals surface area contributed by atoms with Crippen LogP contribution in [0.3, 0.4) is 0 Å². The van der Waals surface area contributed by atoms with E-state index in [1.54, 1.807) is 7.11 Å². The fraction of sp³-hybridized carbons (Fsp3) is 0.524. The van der Waals surface area contributed by atoms with Crippen LogP contribution in [0.1, 0.15) is 36.0 Å². The van der Waals surface area contributed by atoms with Crippen LogP contribution in [-0.4, -0.2) is 59.5 Å². The largest absolute Gasteiger partial charge is 0.496 e. The third-order valence-electron chi connectivity index (χ3n) is 5.56. The maximum atomic E-state index is 5.43. The van der Waals surface area contributed by atoms with Crippen molar-refractivity contribution in [3.05, 3.63) is 47.6 Å². The summed E-state index contributed by atoms with van der Waals surface area (Å²) < 4.78 is 7.79. The second-order valence-electron chi connectivity index (χ2n) is 7.37. The number of hydrogen-bond acceptors (Lipinski definition) is 5. The molecule has 1 N–H and O–H groups in total. The van der Waals surface area contributed by atoms with E-state index in [0.717, 1.165) is 62.8 Å². The third kappa shape index (κ3) is 4.22. The zero-order valence-electron chi connectivity index (χ0n) is 16.1. The minimum absolute atomic E-state index is 0.484. The van der Waals surface area contributed by atoms with Crippen molar-refractivity contribution in [3.63, 3.8) is 0 Å². The molecule has 2 aliphatic heterocycles. The van der Waals surface area contributed by atoms with Crippen molar-refractivity contribution >= 4 is 6.08 Å². The van der Waals surface area contributed by atoms with E-state index in [4.69, 9.17) is 4.74 Å².